The zero-order chi connectivity index (χ0) is 28.1. The van der Waals surface area contributed by atoms with Crippen molar-refractivity contribution in [3.05, 3.63) is 77.1 Å². The van der Waals surface area contributed by atoms with E-state index >= 15 is 0 Å². The van der Waals surface area contributed by atoms with Crippen molar-refractivity contribution in [2.45, 2.75) is 25.8 Å². The lowest BCUT2D eigenvalue weighted by molar-refractivity contribution is -0.139. The number of halogens is 1. The van der Waals surface area contributed by atoms with Gasteiger partial charge >= 0.3 is 5.97 Å². The molecule has 2 heterocycles. The Kier molecular flexibility index (Phi) is 8.62. The zero-order valence-corrected chi connectivity index (χ0v) is 22.8. The average Bonchev–Trinajstić information content (AvgIpc) is 3.81. The first-order chi connectivity index (χ1) is 19.4. The van der Waals surface area contributed by atoms with E-state index in [9.17, 15) is 14.4 Å². The third kappa shape index (κ3) is 6.97. The highest BCUT2D eigenvalue weighted by Gasteiger charge is 2.33. The number of hydrogen-bond donors (Lipinski definition) is 2. The van der Waals surface area contributed by atoms with Crippen molar-refractivity contribution < 1.29 is 24.2 Å². The molecule has 0 unspecified atom stereocenters. The van der Waals surface area contributed by atoms with Crippen LogP contribution in [-0.4, -0.2) is 65.6 Å². The summed E-state index contributed by atoms with van der Waals surface area (Å²) < 4.78 is 5.52. The van der Waals surface area contributed by atoms with E-state index < -0.39 is 5.97 Å². The van der Waals surface area contributed by atoms with Crippen LogP contribution in [0, 0.1) is 5.92 Å². The molecule has 5 rings (SSSR count). The van der Waals surface area contributed by atoms with Gasteiger partial charge in [0.15, 0.2) is 0 Å². The molecule has 2 fully saturated rings. The minimum atomic E-state index is -0.924. The second kappa shape index (κ2) is 12.5. The SMILES string of the molecule is O=C(O)CCN(Cc1cccc(-c2ccc(N3CCOCC3)c(NC(=O)c3ccc(Cl)nc3)c2)c1)C(=O)C1CC1. The van der Waals surface area contributed by atoms with Crippen molar-refractivity contribution in [3.8, 4) is 11.1 Å². The van der Waals surface area contributed by atoms with Gasteiger partial charge in [-0.25, -0.2) is 4.98 Å². The lowest BCUT2D eigenvalue weighted by Crippen LogP contribution is -2.36. The van der Waals surface area contributed by atoms with Gasteiger partial charge in [0.05, 0.1) is 36.6 Å². The molecule has 2 aliphatic rings. The number of benzene rings is 2. The minimum Gasteiger partial charge on any atom is -0.481 e. The van der Waals surface area contributed by atoms with E-state index in [1.807, 2.05) is 42.5 Å². The molecule has 40 heavy (non-hydrogen) atoms. The van der Waals surface area contributed by atoms with E-state index in [2.05, 4.69) is 15.2 Å². The summed E-state index contributed by atoms with van der Waals surface area (Å²) in [6, 6.07) is 17.0. The highest BCUT2D eigenvalue weighted by Crippen LogP contribution is 2.34. The second-order valence-electron chi connectivity index (χ2n) is 10.0. The van der Waals surface area contributed by atoms with E-state index in [0.717, 1.165) is 35.2 Å². The highest BCUT2D eigenvalue weighted by molar-refractivity contribution is 6.29. The number of pyridine rings is 1. The Labute approximate surface area is 237 Å². The van der Waals surface area contributed by atoms with Gasteiger partial charge in [-0.15, -0.1) is 0 Å². The fourth-order valence-electron chi connectivity index (χ4n) is 4.76. The molecule has 2 N–H and O–H groups in total. The van der Waals surface area contributed by atoms with E-state index in [4.69, 9.17) is 21.4 Å². The number of aromatic nitrogens is 1. The minimum absolute atomic E-state index is 0.00622. The number of ether oxygens (including phenoxy) is 1. The van der Waals surface area contributed by atoms with Gasteiger partial charge in [-0.2, -0.15) is 0 Å². The maximum absolute atomic E-state index is 13.1. The molecule has 0 spiro atoms. The largest absolute Gasteiger partial charge is 0.481 e. The van der Waals surface area contributed by atoms with Crippen molar-refractivity contribution in [1.29, 1.82) is 0 Å². The molecule has 0 bridgehead atoms. The summed E-state index contributed by atoms with van der Waals surface area (Å²) in [6.07, 6.45) is 3.07. The van der Waals surface area contributed by atoms with Crippen molar-refractivity contribution in [2.24, 2.45) is 5.92 Å². The van der Waals surface area contributed by atoms with E-state index in [1.54, 1.807) is 17.0 Å². The summed E-state index contributed by atoms with van der Waals surface area (Å²) in [5.41, 5.74) is 4.68. The van der Waals surface area contributed by atoms with Gasteiger partial charge < -0.3 is 25.0 Å². The van der Waals surface area contributed by atoms with Crippen LogP contribution in [0.4, 0.5) is 11.4 Å². The standard InChI is InChI=1S/C30H31ClN4O5/c31-27-9-7-24(18-32-27)29(38)33-25-17-23(6-8-26(25)34-12-14-40-15-13-34)22-3-1-2-20(16-22)19-35(11-10-28(36)37)30(39)21-4-5-21/h1-3,6-9,16-18,21H,4-5,10-15,19H2,(H,33,38)(H,36,37). The fraction of sp³-hybridized carbons (Fsp3) is 0.333. The molecule has 1 aliphatic carbocycles. The first-order valence-corrected chi connectivity index (χ1v) is 13.7. The number of hydrogen-bond acceptors (Lipinski definition) is 6. The molecule has 1 saturated heterocycles. The Morgan fingerprint density at radius 1 is 1.05 bits per heavy atom. The quantitative estimate of drug-likeness (QED) is 0.344. The predicted molar refractivity (Wildman–Crippen MR) is 153 cm³/mol. The number of carboxylic acid groups (broad SMARTS) is 1. The number of morpholine rings is 1. The Morgan fingerprint density at radius 3 is 2.52 bits per heavy atom. The molecule has 208 valence electrons. The zero-order valence-electron chi connectivity index (χ0n) is 22.0. The second-order valence-corrected chi connectivity index (χ2v) is 10.4. The number of amides is 2. The number of carbonyl (C=O) groups excluding carboxylic acids is 2. The van der Waals surface area contributed by atoms with Gasteiger partial charge in [-0.05, 0) is 59.9 Å². The maximum Gasteiger partial charge on any atom is 0.305 e. The van der Waals surface area contributed by atoms with Gasteiger partial charge in [-0.1, -0.05) is 35.9 Å². The molecule has 2 aromatic carbocycles. The smallest absolute Gasteiger partial charge is 0.305 e. The molecular weight excluding hydrogens is 532 g/mol. The number of aliphatic carboxylic acids is 1. The summed E-state index contributed by atoms with van der Waals surface area (Å²) in [5.74, 6) is -1.20. The third-order valence-corrected chi connectivity index (χ3v) is 7.28. The normalized spacial score (nSPS) is 15.0. The van der Waals surface area contributed by atoms with Crippen LogP contribution in [0.3, 0.4) is 0 Å². The topological polar surface area (TPSA) is 112 Å². The van der Waals surface area contributed by atoms with Gasteiger partial charge in [0, 0.05) is 38.3 Å². The van der Waals surface area contributed by atoms with Crippen molar-refractivity contribution >= 4 is 40.8 Å². The Balaban J connectivity index is 1.41. The van der Waals surface area contributed by atoms with Crippen LogP contribution in [0.15, 0.2) is 60.8 Å². The maximum atomic E-state index is 13.1. The Bertz CT molecular complexity index is 1390. The third-order valence-electron chi connectivity index (χ3n) is 7.05. The summed E-state index contributed by atoms with van der Waals surface area (Å²) in [6.45, 7) is 3.16. The predicted octanol–water partition coefficient (Wildman–Crippen LogP) is 4.70. The van der Waals surface area contributed by atoms with Crippen molar-refractivity contribution in [3.63, 3.8) is 0 Å². The molecule has 1 aromatic heterocycles. The van der Waals surface area contributed by atoms with Crippen LogP contribution >= 0.6 is 11.6 Å². The van der Waals surface area contributed by atoms with E-state index in [-0.39, 0.29) is 30.7 Å². The molecular formula is C30H31ClN4O5. The summed E-state index contributed by atoms with van der Waals surface area (Å²) in [4.78, 5) is 44.9. The molecule has 1 aliphatic heterocycles. The number of carbonyl (C=O) groups is 3. The van der Waals surface area contributed by atoms with E-state index in [0.29, 0.717) is 49.3 Å². The Morgan fingerprint density at radius 2 is 1.82 bits per heavy atom. The van der Waals surface area contributed by atoms with Crippen LogP contribution in [0.1, 0.15) is 35.2 Å². The lowest BCUT2D eigenvalue weighted by atomic mass is 10.0. The number of anilines is 2. The molecule has 2 amide bonds. The van der Waals surface area contributed by atoms with Crippen LogP contribution in [0.5, 0.6) is 0 Å². The van der Waals surface area contributed by atoms with Crippen molar-refractivity contribution in [2.75, 3.05) is 43.1 Å². The summed E-state index contributed by atoms with van der Waals surface area (Å²) >= 11 is 5.89. The lowest BCUT2D eigenvalue weighted by Gasteiger charge is -2.31. The van der Waals surface area contributed by atoms with Gasteiger partial charge in [0.1, 0.15) is 5.15 Å². The van der Waals surface area contributed by atoms with Gasteiger partial charge in [-0.3, -0.25) is 14.4 Å². The van der Waals surface area contributed by atoms with Crippen LogP contribution in [-0.2, 0) is 20.9 Å². The van der Waals surface area contributed by atoms with Crippen molar-refractivity contribution in [1.82, 2.24) is 9.88 Å². The fourth-order valence-corrected chi connectivity index (χ4v) is 4.87. The van der Waals surface area contributed by atoms with Crippen LogP contribution in [0.2, 0.25) is 5.15 Å². The molecule has 3 aromatic rings. The Hall–Kier alpha value is -3.95. The monoisotopic (exact) mass is 562 g/mol. The number of carboxylic acids is 1. The number of rotatable bonds is 10. The van der Waals surface area contributed by atoms with Crippen LogP contribution < -0.4 is 10.2 Å². The molecule has 0 atom stereocenters. The van der Waals surface area contributed by atoms with Gasteiger partial charge in [0.25, 0.3) is 5.91 Å². The highest BCUT2D eigenvalue weighted by atomic mass is 35.5. The molecule has 9 nitrogen and oxygen atoms in total. The average molecular weight is 563 g/mol. The first-order valence-electron chi connectivity index (χ1n) is 13.4. The molecule has 10 heteroatoms. The summed E-state index contributed by atoms with van der Waals surface area (Å²) in [7, 11) is 0. The summed E-state index contributed by atoms with van der Waals surface area (Å²) in [5, 5.41) is 12.5. The first kappa shape index (κ1) is 27.6. The molecule has 0 radical (unpaired) electrons. The van der Waals surface area contributed by atoms with E-state index in [1.165, 1.54) is 6.20 Å². The van der Waals surface area contributed by atoms with Crippen LogP contribution in [0.25, 0.3) is 11.1 Å². The molecule has 1 saturated carbocycles. The van der Waals surface area contributed by atoms with Gasteiger partial charge in [0.2, 0.25) is 5.91 Å². The number of nitrogens with zero attached hydrogens (tertiary/aromatic N) is 3. The number of nitrogens with one attached hydrogen (secondary N) is 1.